The first-order valence-electron chi connectivity index (χ1n) is 8.25. The Morgan fingerprint density at radius 1 is 1.00 bits per heavy atom. The first-order valence-corrected chi connectivity index (χ1v) is 8.25. The quantitative estimate of drug-likeness (QED) is 0.793. The molecule has 1 aliphatic carbocycles. The lowest BCUT2D eigenvalue weighted by Gasteiger charge is -2.22. The zero-order valence-electron chi connectivity index (χ0n) is 13.4. The van der Waals surface area contributed by atoms with Crippen LogP contribution in [0.2, 0.25) is 0 Å². The van der Waals surface area contributed by atoms with Crippen molar-refractivity contribution in [2.75, 3.05) is 13.1 Å². The standard InChI is InChI=1S/C18H26N2O2/c1-14(21)19-11-12-20-18(22)13-15-7-9-17(10-8-15)16-5-3-2-4-6-16/h7-10,16H,2-6,11-13H2,1H3,(H,19,21)(H,20,22). The van der Waals surface area contributed by atoms with Crippen molar-refractivity contribution in [1.82, 2.24) is 10.6 Å². The van der Waals surface area contributed by atoms with Crippen molar-refractivity contribution in [3.8, 4) is 0 Å². The van der Waals surface area contributed by atoms with Gasteiger partial charge in [0.25, 0.3) is 0 Å². The van der Waals surface area contributed by atoms with Crippen LogP contribution in [0, 0.1) is 0 Å². The summed E-state index contributed by atoms with van der Waals surface area (Å²) in [6.45, 7) is 2.41. The summed E-state index contributed by atoms with van der Waals surface area (Å²) in [6, 6.07) is 8.49. The largest absolute Gasteiger partial charge is 0.355 e. The van der Waals surface area contributed by atoms with Crippen molar-refractivity contribution in [3.05, 3.63) is 35.4 Å². The van der Waals surface area contributed by atoms with Crippen LogP contribution in [-0.4, -0.2) is 24.9 Å². The van der Waals surface area contributed by atoms with Crippen LogP contribution in [0.15, 0.2) is 24.3 Å². The molecule has 2 rings (SSSR count). The fraction of sp³-hybridized carbons (Fsp3) is 0.556. The number of amides is 2. The predicted octanol–water partition coefficient (Wildman–Crippen LogP) is 2.53. The van der Waals surface area contributed by atoms with E-state index in [2.05, 4.69) is 34.9 Å². The number of carbonyl (C=O) groups is 2. The number of carbonyl (C=O) groups excluding carboxylic acids is 2. The summed E-state index contributed by atoms with van der Waals surface area (Å²) in [5.41, 5.74) is 2.45. The van der Waals surface area contributed by atoms with Gasteiger partial charge in [-0.2, -0.15) is 0 Å². The minimum atomic E-state index is -0.0763. The van der Waals surface area contributed by atoms with Crippen LogP contribution >= 0.6 is 0 Å². The van der Waals surface area contributed by atoms with E-state index in [-0.39, 0.29) is 11.8 Å². The van der Waals surface area contributed by atoms with E-state index in [9.17, 15) is 9.59 Å². The zero-order valence-corrected chi connectivity index (χ0v) is 13.4. The van der Waals surface area contributed by atoms with Crippen molar-refractivity contribution in [1.29, 1.82) is 0 Å². The van der Waals surface area contributed by atoms with Crippen molar-refractivity contribution < 1.29 is 9.59 Å². The van der Waals surface area contributed by atoms with Gasteiger partial charge in [0.05, 0.1) is 6.42 Å². The van der Waals surface area contributed by atoms with Gasteiger partial charge in [0.15, 0.2) is 0 Å². The highest BCUT2D eigenvalue weighted by atomic mass is 16.2. The summed E-state index contributed by atoms with van der Waals surface area (Å²) >= 11 is 0. The van der Waals surface area contributed by atoms with Gasteiger partial charge in [-0.25, -0.2) is 0 Å². The lowest BCUT2D eigenvalue weighted by atomic mass is 9.84. The van der Waals surface area contributed by atoms with E-state index < -0.39 is 0 Å². The molecule has 1 aliphatic rings. The maximum absolute atomic E-state index is 11.8. The topological polar surface area (TPSA) is 58.2 Å². The molecule has 0 saturated heterocycles. The molecule has 1 aromatic carbocycles. The van der Waals surface area contributed by atoms with Gasteiger partial charge >= 0.3 is 0 Å². The van der Waals surface area contributed by atoms with E-state index in [4.69, 9.17) is 0 Å². The van der Waals surface area contributed by atoms with Crippen molar-refractivity contribution in [2.24, 2.45) is 0 Å². The Morgan fingerprint density at radius 3 is 2.27 bits per heavy atom. The first-order chi connectivity index (χ1) is 10.6. The molecule has 22 heavy (non-hydrogen) atoms. The molecule has 2 N–H and O–H groups in total. The summed E-state index contributed by atoms with van der Waals surface area (Å²) in [5, 5.41) is 5.47. The Morgan fingerprint density at radius 2 is 1.64 bits per heavy atom. The van der Waals surface area contributed by atoms with E-state index in [0.29, 0.717) is 25.4 Å². The Kier molecular flexibility index (Phi) is 6.44. The number of rotatable bonds is 6. The first kappa shape index (κ1) is 16.5. The molecule has 4 nitrogen and oxygen atoms in total. The summed E-state index contributed by atoms with van der Waals surface area (Å²) < 4.78 is 0. The van der Waals surface area contributed by atoms with E-state index in [1.165, 1.54) is 44.6 Å². The van der Waals surface area contributed by atoms with Gasteiger partial charge in [-0.1, -0.05) is 43.5 Å². The van der Waals surface area contributed by atoms with Crippen LogP contribution in [0.25, 0.3) is 0 Å². The Balaban J connectivity index is 1.75. The normalized spacial score (nSPS) is 15.3. The number of nitrogens with one attached hydrogen (secondary N) is 2. The molecule has 1 aromatic rings. The van der Waals surface area contributed by atoms with Crippen molar-refractivity contribution >= 4 is 11.8 Å². The van der Waals surface area contributed by atoms with Crippen LogP contribution in [0.3, 0.4) is 0 Å². The third-order valence-corrected chi connectivity index (χ3v) is 4.24. The Bertz CT molecular complexity index is 490. The highest BCUT2D eigenvalue weighted by Gasteiger charge is 2.15. The maximum Gasteiger partial charge on any atom is 0.224 e. The minimum absolute atomic E-state index is 0.00392. The van der Waals surface area contributed by atoms with Crippen molar-refractivity contribution in [3.63, 3.8) is 0 Å². The Labute approximate surface area is 132 Å². The molecule has 0 spiro atoms. The second kappa shape index (κ2) is 8.57. The molecule has 0 unspecified atom stereocenters. The highest BCUT2D eigenvalue weighted by molar-refractivity contribution is 5.78. The molecule has 0 aliphatic heterocycles. The molecule has 2 amide bonds. The molecule has 4 heteroatoms. The van der Waals surface area contributed by atoms with Crippen LogP contribution < -0.4 is 10.6 Å². The number of benzene rings is 1. The van der Waals surface area contributed by atoms with Gasteiger partial charge in [-0.15, -0.1) is 0 Å². The monoisotopic (exact) mass is 302 g/mol. The molecule has 0 aromatic heterocycles. The van der Waals surface area contributed by atoms with E-state index in [1.54, 1.807) is 0 Å². The molecule has 120 valence electrons. The van der Waals surface area contributed by atoms with Gasteiger partial charge in [0.2, 0.25) is 11.8 Å². The van der Waals surface area contributed by atoms with Crippen molar-refractivity contribution in [2.45, 2.75) is 51.4 Å². The molecule has 0 bridgehead atoms. The van der Waals surface area contributed by atoms with Gasteiger partial charge in [0.1, 0.15) is 0 Å². The average molecular weight is 302 g/mol. The van der Waals surface area contributed by atoms with Gasteiger partial charge < -0.3 is 10.6 Å². The second-order valence-electron chi connectivity index (χ2n) is 6.09. The molecular formula is C18H26N2O2. The van der Waals surface area contributed by atoms with Crippen LogP contribution in [0.4, 0.5) is 0 Å². The fourth-order valence-corrected chi connectivity index (χ4v) is 3.03. The van der Waals surface area contributed by atoms with E-state index >= 15 is 0 Å². The molecule has 0 radical (unpaired) electrons. The van der Waals surface area contributed by atoms with E-state index in [0.717, 1.165) is 5.56 Å². The molecule has 0 heterocycles. The molecular weight excluding hydrogens is 276 g/mol. The summed E-state index contributed by atoms with van der Waals surface area (Å²) in [6.07, 6.45) is 7.02. The molecule has 1 saturated carbocycles. The number of hydrogen-bond donors (Lipinski definition) is 2. The smallest absolute Gasteiger partial charge is 0.224 e. The summed E-state index contributed by atoms with van der Waals surface area (Å²) in [5.74, 6) is 0.623. The van der Waals surface area contributed by atoms with Crippen LogP contribution in [-0.2, 0) is 16.0 Å². The summed E-state index contributed by atoms with van der Waals surface area (Å²) in [4.78, 5) is 22.5. The third kappa shape index (κ3) is 5.51. The van der Waals surface area contributed by atoms with Crippen LogP contribution in [0.5, 0.6) is 0 Å². The predicted molar refractivity (Wildman–Crippen MR) is 87.7 cm³/mol. The van der Waals surface area contributed by atoms with Gasteiger partial charge in [-0.3, -0.25) is 9.59 Å². The van der Waals surface area contributed by atoms with Crippen LogP contribution in [0.1, 0.15) is 56.1 Å². The van der Waals surface area contributed by atoms with Gasteiger partial charge in [-0.05, 0) is 29.9 Å². The summed E-state index contributed by atoms with van der Waals surface area (Å²) in [7, 11) is 0. The van der Waals surface area contributed by atoms with E-state index in [1.807, 2.05) is 0 Å². The van der Waals surface area contributed by atoms with Gasteiger partial charge in [0, 0.05) is 20.0 Å². The lowest BCUT2D eigenvalue weighted by molar-refractivity contribution is -0.121. The maximum atomic E-state index is 11.8. The number of hydrogen-bond acceptors (Lipinski definition) is 2. The molecule has 0 atom stereocenters. The highest BCUT2D eigenvalue weighted by Crippen LogP contribution is 2.32. The SMILES string of the molecule is CC(=O)NCCNC(=O)Cc1ccc(C2CCCCC2)cc1. The minimum Gasteiger partial charge on any atom is -0.355 e. The average Bonchev–Trinajstić information content (AvgIpc) is 2.53. The Hall–Kier alpha value is -1.84. The third-order valence-electron chi connectivity index (χ3n) is 4.24. The second-order valence-corrected chi connectivity index (χ2v) is 6.09. The molecule has 1 fully saturated rings. The zero-order chi connectivity index (χ0) is 15.8. The lowest BCUT2D eigenvalue weighted by Crippen LogP contribution is -2.34. The fourth-order valence-electron chi connectivity index (χ4n) is 3.03.